The van der Waals surface area contributed by atoms with Crippen LogP contribution < -0.4 is 4.72 Å². The van der Waals surface area contributed by atoms with Gasteiger partial charge in [0, 0.05) is 30.9 Å². The maximum Gasteiger partial charge on any atom is 0.240 e. The van der Waals surface area contributed by atoms with Crippen LogP contribution in [0.15, 0.2) is 59.8 Å². The highest BCUT2D eigenvalue weighted by molar-refractivity contribution is 7.89. The molecule has 1 N–H and O–H groups in total. The fraction of sp³-hybridized carbons (Fsp3) is 0.316. The molecule has 0 aliphatic rings. The van der Waals surface area contributed by atoms with Crippen LogP contribution in [0, 0.1) is 0 Å². The zero-order valence-electron chi connectivity index (χ0n) is 14.4. The third kappa shape index (κ3) is 4.27. The molecule has 0 atom stereocenters. The van der Waals surface area contributed by atoms with Crippen molar-refractivity contribution in [2.45, 2.75) is 37.6 Å². The largest absolute Gasteiger partial charge is 0.332 e. The highest BCUT2D eigenvalue weighted by Crippen LogP contribution is 2.13. The Morgan fingerprint density at radius 1 is 1.12 bits per heavy atom. The average molecular weight is 357 g/mol. The second-order valence-electron chi connectivity index (χ2n) is 6.07. The predicted molar refractivity (Wildman–Crippen MR) is 100.0 cm³/mol. The van der Waals surface area contributed by atoms with E-state index in [-0.39, 0.29) is 0 Å². The quantitative estimate of drug-likeness (QED) is 0.629. The van der Waals surface area contributed by atoms with Crippen LogP contribution in [-0.4, -0.2) is 24.5 Å². The number of nitrogens with zero attached hydrogens (tertiary/aromatic N) is 2. The van der Waals surface area contributed by atoms with E-state index < -0.39 is 10.0 Å². The highest BCUT2D eigenvalue weighted by atomic mass is 32.2. The van der Waals surface area contributed by atoms with E-state index in [0.717, 1.165) is 36.0 Å². The normalized spacial score (nSPS) is 11.9. The third-order valence-electron chi connectivity index (χ3n) is 4.16. The molecule has 0 bridgehead atoms. The first-order valence-corrected chi connectivity index (χ1v) is 10.1. The third-order valence-corrected chi connectivity index (χ3v) is 5.64. The van der Waals surface area contributed by atoms with Gasteiger partial charge in [-0.2, -0.15) is 0 Å². The molecule has 6 heteroatoms. The lowest BCUT2D eigenvalue weighted by Crippen LogP contribution is -2.25. The van der Waals surface area contributed by atoms with Crippen LogP contribution >= 0.6 is 0 Å². The Kier molecular flexibility index (Phi) is 5.50. The molecule has 5 nitrogen and oxygen atoms in total. The number of rotatable bonds is 8. The maximum atomic E-state index is 12.3. The molecule has 1 aromatic carbocycles. The van der Waals surface area contributed by atoms with E-state index in [9.17, 15) is 8.42 Å². The van der Waals surface area contributed by atoms with E-state index >= 15 is 0 Å². The van der Waals surface area contributed by atoms with Crippen molar-refractivity contribution in [2.24, 2.45) is 0 Å². The van der Waals surface area contributed by atoms with E-state index in [0.29, 0.717) is 17.9 Å². The lowest BCUT2D eigenvalue weighted by Gasteiger charge is -2.08. The molecule has 25 heavy (non-hydrogen) atoms. The Morgan fingerprint density at radius 2 is 1.92 bits per heavy atom. The van der Waals surface area contributed by atoms with Gasteiger partial charge in [0.15, 0.2) is 0 Å². The number of benzene rings is 1. The van der Waals surface area contributed by atoms with Crippen molar-refractivity contribution in [3.63, 3.8) is 0 Å². The molecular formula is C19H23N3O2S. The van der Waals surface area contributed by atoms with Crippen molar-refractivity contribution in [3.05, 3.63) is 60.4 Å². The minimum absolute atomic E-state index is 0.320. The van der Waals surface area contributed by atoms with Gasteiger partial charge in [0.2, 0.25) is 10.0 Å². The van der Waals surface area contributed by atoms with Crippen molar-refractivity contribution < 1.29 is 8.42 Å². The Balaban J connectivity index is 1.55. The second-order valence-corrected chi connectivity index (χ2v) is 7.84. The minimum atomic E-state index is -3.45. The SMILES string of the molecule is CCCc1ccc(S(=O)(=O)NCCCn2ccc3cccnc32)cc1. The van der Waals surface area contributed by atoms with Crippen molar-refractivity contribution in [3.8, 4) is 0 Å². The predicted octanol–water partition coefficient (Wildman–Crippen LogP) is 3.36. The first-order chi connectivity index (χ1) is 12.1. The summed E-state index contributed by atoms with van der Waals surface area (Å²) in [7, 11) is -3.45. The second kappa shape index (κ2) is 7.80. The molecule has 3 aromatic rings. The molecule has 0 aliphatic carbocycles. The van der Waals surface area contributed by atoms with Gasteiger partial charge >= 0.3 is 0 Å². The number of fused-ring (bicyclic) bond motifs is 1. The number of aromatic nitrogens is 2. The number of pyridine rings is 1. The zero-order chi connectivity index (χ0) is 17.7. The summed E-state index contributed by atoms with van der Waals surface area (Å²) in [4.78, 5) is 4.68. The lowest BCUT2D eigenvalue weighted by molar-refractivity contribution is 0.571. The van der Waals surface area contributed by atoms with Gasteiger partial charge < -0.3 is 4.57 Å². The van der Waals surface area contributed by atoms with Gasteiger partial charge in [-0.05, 0) is 48.7 Å². The van der Waals surface area contributed by atoms with Gasteiger partial charge in [-0.15, -0.1) is 0 Å². The lowest BCUT2D eigenvalue weighted by atomic mass is 10.1. The number of hydrogen-bond acceptors (Lipinski definition) is 3. The first kappa shape index (κ1) is 17.6. The summed E-state index contributed by atoms with van der Waals surface area (Å²) >= 11 is 0. The summed E-state index contributed by atoms with van der Waals surface area (Å²) in [6.45, 7) is 3.22. The Labute approximate surface area is 148 Å². The van der Waals surface area contributed by atoms with Gasteiger partial charge in [-0.25, -0.2) is 18.1 Å². The van der Waals surface area contributed by atoms with E-state index in [1.165, 1.54) is 0 Å². The number of sulfonamides is 1. The van der Waals surface area contributed by atoms with Crippen molar-refractivity contribution in [2.75, 3.05) is 6.54 Å². The molecule has 0 amide bonds. The summed E-state index contributed by atoms with van der Waals surface area (Å²) in [5.41, 5.74) is 2.09. The molecule has 0 saturated carbocycles. The molecular weight excluding hydrogens is 334 g/mol. The number of aryl methyl sites for hydroxylation is 2. The topological polar surface area (TPSA) is 64.0 Å². The Morgan fingerprint density at radius 3 is 2.68 bits per heavy atom. The smallest absolute Gasteiger partial charge is 0.240 e. The standard InChI is InChI=1S/C19H23N3O2S/c1-2-5-16-7-9-18(10-8-16)25(23,24)21-13-4-14-22-15-11-17-6-3-12-20-19(17)22/h3,6-12,15,21H,2,4-5,13-14H2,1H3. The van der Waals surface area contributed by atoms with Gasteiger partial charge in [0.25, 0.3) is 0 Å². The Bertz CT molecular complexity index is 931. The van der Waals surface area contributed by atoms with Gasteiger partial charge in [0.05, 0.1) is 4.90 Å². The fourth-order valence-corrected chi connectivity index (χ4v) is 3.94. The molecule has 3 rings (SSSR count). The van der Waals surface area contributed by atoms with Gasteiger partial charge in [-0.1, -0.05) is 25.5 Å². The average Bonchev–Trinajstić information content (AvgIpc) is 3.03. The maximum absolute atomic E-state index is 12.3. The van der Waals surface area contributed by atoms with Gasteiger partial charge in [0.1, 0.15) is 5.65 Å². The van der Waals surface area contributed by atoms with Crippen molar-refractivity contribution in [1.82, 2.24) is 14.3 Å². The molecule has 0 unspecified atom stereocenters. The molecule has 2 heterocycles. The van der Waals surface area contributed by atoms with Crippen molar-refractivity contribution in [1.29, 1.82) is 0 Å². The first-order valence-electron chi connectivity index (χ1n) is 8.58. The Hall–Kier alpha value is -2.18. The summed E-state index contributed by atoms with van der Waals surface area (Å²) < 4.78 is 29.4. The summed E-state index contributed by atoms with van der Waals surface area (Å²) in [5, 5.41) is 1.09. The molecule has 0 fully saturated rings. The van der Waals surface area contributed by atoms with Crippen LogP contribution in [0.4, 0.5) is 0 Å². The van der Waals surface area contributed by atoms with Crippen LogP contribution in [0.1, 0.15) is 25.3 Å². The van der Waals surface area contributed by atoms with E-state index in [2.05, 4.69) is 16.6 Å². The van der Waals surface area contributed by atoms with Crippen LogP contribution in [0.3, 0.4) is 0 Å². The molecule has 0 aliphatic heterocycles. The number of hydrogen-bond donors (Lipinski definition) is 1. The molecule has 0 radical (unpaired) electrons. The van der Waals surface area contributed by atoms with Crippen LogP contribution in [0.5, 0.6) is 0 Å². The highest BCUT2D eigenvalue weighted by Gasteiger charge is 2.13. The van der Waals surface area contributed by atoms with E-state index in [1.807, 2.05) is 41.1 Å². The summed E-state index contributed by atoms with van der Waals surface area (Å²) in [6, 6.07) is 13.1. The summed E-state index contributed by atoms with van der Waals surface area (Å²) in [6.07, 6.45) is 6.47. The number of nitrogens with one attached hydrogen (secondary N) is 1. The molecule has 0 spiro atoms. The molecule has 0 saturated heterocycles. The van der Waals surface area contributed by atoms with E-state index in [4.69, 9.17) is 0 Å². The summed E-state index contributed by atoms with van der Waals surface area (Å²) in [5.74, 6) is 0. The van der Waals surface area contributed by atoms with Crippen LogP contribution in [0.25, 0.3) is 11.0 Å². The fourth-order valence-electron chi connectivity index (χ4n) is 2.86. The molecule has 132 valence electrons. The monoisotopic (exact) mass is 357 g/mol. The molecule has 2 aromatic heterocycles. The van der Waals surface area contributed by atoms with Crippen LogP contribution in [0.2, 0.25) is 0 Å². The zero-order valence-corrected chi connectivity index (χ0v) is 15.2. The minimum Gasteiger partial charge on any atom is -0.332 e. The van der Waals surface area contributed by atoms with Gasteiger partial charge in [-0.3, -0.25) is 0 Å². The van der Waals surface area contributed by atoms with Crippen LogP contribution in [-0.2, 0) is 23.0 Å². The van der Waals surface area contributed by atoms with Crippen molar-refractivity contribution >= 4 is 21.1 Å². The van der Waals surface area contributed by atoms with E-state index in [1.54, 1.807) is 18.3 Å².